The van der Waals surface area contributed by atoms with Crippen molar-refractivity contribution in [3.05, 3.63) is 88.7 Å². The van der Waals surface area contributed by atoms with Gasteiger partial charge in [0.2, 0.25) is 0 Å². The number of rotatable bonds is 6. The predicted octanol–water partition coefficient (Wildman–Crippen LogP) is 4.87. The number of aromatic nitrogens is 2. The minimum atomic E-state index is -4.34. The van der Waals surface area contributed by atoms with Crippen molar-refractivity contribution in [3.63, 3.8) is 0 Å². The molecule has 0 fully saturated rings. The fraction of sp³-hybridized carbons (Fsp3) is 0.333. The molecule has 1 heterocycles. The number of urea groups is 1. The molecule has 0 spiro atoms. The summed E-state index contributed by atoms with van der Waals surface area (Å²) in [6, 6.07) is 14.7. The van der Waals surface area contributed by atoms with Crippen LogP contribution in [0.15, 0.2) is 60.8 Å². The van der Waals surface area contributed by atoms with Gasteiger partial charge < -0.3 is 10.6 Å². The van der Waals surface area contributed by atoms with Crippen molar-refractivity contribution in [2.24, 2.45) is 0 Å². The minimum absolute atomic E-state index is 0.102. The Balaban J connectivity index is 1.30. The Morgan fingerprint density at radius 3 is 2.53 bits per heavy atom. The van der Waals surface area contributed by atoms with E-state index in [4.69, 9.17) is 0 Å². The summed E-state index contributed by atoms with van der Waals surface area (Å²) in [5.74, 6) is 0. The van der Waals surface area contributed by atoms with Crippen molar-refractivity contribution >= 4 is 6.03 Å². The molecule has 2 amide bonds. The Morgan fingerprint density at radius 2 is 1.81 bits per heavy atom. The molecule has 1 aromatic heterocycles. The summed E-state index contributed by atoms with van der Waals surface area (Å²) < 4.78 is 39.9. The second kappa shape index (κ2) is 9.46. The average Bonchev–Trinajstić information content (AvgIpc) is 3.18. The summed E-state index contributed by atoms with van der Waals surface area (Å²) in [5.41, 5.74) is 3.43. The van der Waals surface area contributed by atoms with Crippen molar-refractivity contribution in [2.75, 3.05) is 6.54 Å². The van der Waals surface area contributed by atoms with E-state index in [0.717, 1.165) is 48.2 Å². The molecule has 168 valence electrons. The second-order valence-corrected chi connectivity index (χ2v) is 7.98. The number of alkyl halides is 3. The van der Waals surface area contributed by atoms with Gasteiger partial charge in [0.25, 0.3) is 0 Å². The molecule has 0 bridgehead atoms. The molecule has 0 radical (unpaired) electrons. The molecule has 0 saturated heterocycles. The number of amides is 2. The van der Waals surface area contributed by atoms with Crippen molar-refractivity contribution in [2.45, 2.75) is 44.4 Å². The zero-order chi connectivity index (χ0) is 22.6. The van der Waals surface area contributed by atoms with Gasteiger partial charge in [-0.15, -0.1) is 0 Å². The minimum Gasteiger partial charge on any atom is -0.338 e. The van der Waals surface area contributed by atoms with Gasteiger partial charge in [-0.1, -0.05) is 42.5 Å². The van der Waals surface area contributed by atoms with Gasteiger partial charge in [0.05, 0.1) is 24.3 Å². The molecule has 4 rings (SSSR count). The summed E-state index contributed by atoms with van der Waals surface area (Å²) in [6.45, 7) is 1.03. The van der Waals surface area contributed by atoms with Gasteiger partial charge >= 0.3 is 12.2 Å². The number of nitrogens with zero attached hydrogens (tertiary/aromatic N) is 2. The first-order chi connectivity index (χ1) is 15.4. The number of hydrogen-bond donors (Lipinski definition) is 2. The fourth-order valence-electron chi connectivity index (χ4n) is 4.05. The van der Waals surface area contributed by atoms with Crippen LogP contribution < -0.4 is 10.6 Å². The van der Waals surface area contributed by atoms with E-state index in [2.05, 4.69) is 27.9 Å². The Kier molecular flexibility index (Phi) is 6.48. The normalized spacial score (nSPS) is 15.8. The van der Waals surface area contributed by atoms with Crippen LogP contribution in [0.4, 0.5) is 18.0 Å². The molecule has 2 N–H and O–H groups in total. The summed E-state index contributed by atoms with van der Waals surface area (Å²) in [7, 11) is 0. The van der Waals surface area contributed by atoms with E-state index in [1.165, 1.54) is 17.7 Å². The van der Waals surface area contributed by atoms with Crippen molar-refractivity contribution in [3.8, 4) is 0 Å². The molecule has 0 saturated carbocycles. The highest BCUT2D eigenvalue weighted by atomic mass is 19.4. The number of halogens is 3. The lowest BCUT2D eigenvalue weighted by Gasteiger charge is -2.24. The molecule has 3 aromatic rings. The molecule has 2 aromatic carbocycles. The van der Waals surface area contributed by atoms with Crippen LogP contribution in [-0.4, -0.2) is 22.4 Å². The Bertz CT molecular complexity index is 1050. The fourth-order valence-corrected chi connectivity index (χ4v) is 4.05. The SMILES string of the molecule is O=C(NCCc1ccc(C(F)(F)F)cc1)NC1CCCc2c1cnn2Cc1ccccc1. The number of benzene rings is 2. The van der Waals surface area contributed by atoms with Crippen molar-refractivity contribution in [1.29, 1.82) is 0 Å². The zero-order valence-corrected chi connectivity index (χ0v) is 17.5. The standard InChI is InChI=1S/C24H25F3N4O/c25-24(26,27)19-11-9-17(10-12-19)13-14-28-23(32)30-21-7-4-8-22-20(21)15-29-31(22)16-18-5-2-1-3-6-18/h1-3,5-6,9-12,15,21H,4,7-8,13-14,16H2,(H2,28,30,32). The smallest absolute Gasteiger partial charge is 0.338 e. The van der Waals surface area contributed by atoms with Crippen LogP contribution in [0.25, 0.3) is 0 Å². The topological polar surface area (TPSA) is 59.0 Å². The third-order valence-corrected chi connectivity index (χ3v) is 5.72. The first kappa shape index (κ1) is 21.9. The maximum absolute atomic E-state index is 12.6. The van der Waals surface area contributed by atoms with E-state index in [0.29, 0.717) is 19.5 Å². The predicted molar refractivity (Wildman–Crippen MR) is 115 cm³/mol. The number of nitrogens with one attached hydrogen (secondary N) is 2. The van der Waals surface area contributed by atoms with Crippen LogP contribution in [0, 0.1) is 0 Å². The van der Waals surface area contributed by atoms with Crippen LogP contribution in [0.3, 0.4) is 0 Å². The van der Waals surface area contributed by atoms with Crippen LogP contribution >= 0.6 is 0 Å². The first-order valence-electron chi connectivity index (χ1n) is 10.7. The zero-order valence-electron chi connectivity index (χ0n) is 17.5. The number of fused-ring (bicyclic) bond motifs is 1. The summed E-state index contributed by atoms with van der Waals surface area (Å²) in [4.78, 5) is 12.4. The highest BCUT2D eigenvalue weighted by molar-refractivity contribution is 5.74. The van der Waals surface area contributed by atoms with E-state index in [9.17, 15) is 18.0 Å². The number of carbonyl (C=O) groups excluding carboxylic acids is 1. The maximum Gasteiger partial charge on any atom is 0.416 e. The van der Waals surface area contributed by atoms with Crippen LogP contribution in [0.2, 0.25) is 0 Å². The van der Waals surface area contributed by atoms with Gasteiger partial charge in [-0.3, -0.25) is 4.68 Å². The Hall–Kier alpha value is -3.29. The van der Waals surface area contributed by atoms with Gasteiger partial charge in [-0.25, -0.2) is 4.79 Å². The van der Waals surface area contributed by atoms with Crippen LogP contribution in [-0.2, 0) is 25.6 Å². The van der Waals surface area contributed by atoms with Gasteiger partial charge in [0.15, 0.2) is 0 Å². The average molecular weight is 442 g/mol. The van der Waals surface area contributed by atoms with Gasteiger partial charge in [0, 0.05) is 17.8 Å². The van der Waals surface area contributed by atoms with E-state index in [1.54, 1.807) is 0 Å². The van der Waals surface area contributed by atoms with Crippen LogP contribution in [0.1, 0.15) is 46.8 Å². The third kappa shape index (κ3) is 5.30. The lowest BCUT2D eigenvalue weighted by molar-refractivity contribution is -0.137. The monoisotopic (exact) mass is 442 g/mol. The third-order valence-electron chi connectivity index (χ3n) is 5.72. The van der Waals surface area contributed by atoms with Crippen molar-refractivity contribution < 1.29 is 18.0 Å². The molecule has 1 unspecified atom stereocenters. The van der Waals surface area contributed by atoms with Gasteiger partial charge in [-0.05, 0) is 48.9 Å². The number of hydrogen-bond acceptors (Lipinski definition) is 2. The molecule has 1 aliphatic carbocycles. The molecule has 1 atom stereocenters. The molecular weight excluding hydrogens is 417 g/mol. The molecule has 5 nitrogen and oxygen atoms in total. The lowest BCUT2D eigenvalue weighted by atomic mass is 9.93. The Labute approximate surface area is 184 Å². The van der Waals surface area contributed by atoms with Gasteiger partial charge in [-0.2, -0.15) is 18.3 Å². The summed E-state index contributed by atoms with van der Waals surface area (Å²) in [5, 5.41) is 10.4. The van der Waals surface area contributed by atoms with Crippen LogP contribution in [0.5, 0.6) is 0 Å². The number of carbonyl (C=O) groups is 1. The molecular formula is C24H25F3N4O. The quantitative estimate of drug-likeness (QED) is 0.572. The highest BCUT2D eigenvalue weighted by Crippen LogP contribution is 2.30. The van der Waals surface area contributed by atoms with E-state index in [1.807, 2.05) is 29.1 Å². The van der Waals surface area contributed by atoms with Gasteiger partial charge in [0.1, 0.15) is 0 Å². The molecule has 8 heteroatoms. The molecule has 0 aliphatic heterocycles. The summed E-state index contributed by atoms with van der Waals surface area (Å²) >= 11 is 0. The Morgan fingerprint density at radius 1 is 1.06 bits per heavy atom. The van der Waals surface area contributed by atoms with E-state index >= 15 is 0 Å². The summed E-state index contributed by atoms with van der Waals surface area (Å²) in [6.07, 6.45) is 0.682. The lowest BCUT2D eigenvalue weighted by Crippen LogP contribution is -2.39. The highest BCUT2D eigenvalue weighted by Gasteiger charge is 2.30. The largest absolute Gasteiger partial charge is 0.416 e. The van der Waals surface area contributed by atoms with Crippen molar-refractivity contribution in [1.82, 2.24) is 20.4 Å². The van der Waals surface area contributed by atoms with E-state index in [-0.39, 0.29) is 12.1 Å². The first-order valence-corrected chi connectivity index (χ1v) is 10.7. The molecule has 1 aliphatic rings. The van der Waals surface area contributed by atoms with E-state index < -0.39 is 11.7 Å². The second-order valence-electron chi connectivity index (χ2n) is 7.98. The maximum atomic E-state index is 12.6. The molecule has 32 heavy (non-hydrogen) atoms.